The third-order valence-electron chi connectivity index (χ3n) is 3.99. The van der Waals surface area contributed by atoms with Gasteiger partial charge in [0.15, 0.2) is 9.84 Å². The normalized spacial score (nSPS) is 20.2. The zero-order valence-electron chi connectivity index (χ0n) is 12.4. The van der Waals surface area contributed by atoms with E-state index in [2.05, 4.69) is 0 Å². The van der Waals surface area contributed by atoms with Crippen LogP contribution in [0.1, 0.15) is 18.4 Å². The van der Waals surface area contributed by atoms with Gasteiger partial charge in [0, 0.05) is 13.1 Å². The van der Waals surface area contributed by atoms with Gasteiger partial charge < -0.3 is 4.90 Å². The van der Waals surface area contributed by atoms with E-state index in [1.807, 2.05) is 6.07 Å². The van der Waals surface area contributed by atoms with E-state index in [1.165, 1.54) is 24.3 Å². The summed E-state index contributed by atoms with van der Waals surface area (Å²) in [5, 5.41) is 8.70. The number of likely N-dealkylation sites (tertiary alicyclic amines) is 1. The Bertz CT molecular complexity index is 678. The zero-order chi connectivity index (χ0) is 17.1. The van der Waals surface area contributed by atoms with Crippen LogP contribution in [0.15, 0.2) is 29.2 Å². The highest BCUT2D eigenvalue weighted by atomic mass is 32.2. The Hall–Kier alpha value is -1.59. The van der Waals surface area contributed by atoms with Gasteiger partial charge >= 0.3 is 6.18 Å². The molecule has 1 aromatic rings. The van der Waals surface area contributed by atoms with Crippen LogP contribution in [0.2, 0.25) is 0 Å². The minimum atomic E-state index is -4.23. The van der Waals surface area contributed by atoms with Crippen molar-refractivity contribution in [2.24, 2.45) is 5.92 Å². The van der Waals surface area contributed by atoms with E-state index < -0.39 is 21.9 Å². The number of rotatable bonds is 4. The molecule has 126 valence electrons. The second-order valence-corrected chi connectivity index (χ2v) is 7.75. The van der Waals surface area contributed by atoms with Crippen molar-refractivity contribution in [1.29, 1.82) is 5.26 Å². The lowest BCUT2D eigenvalue weighted by atomic mass is 9.98. The monoisotopic (exact) mass is 346 g/mol. The third-order valence-corrected chi connectivity index (χ3v) is 5.70. The molecule has 0 bridgehead atoms. The molecule has 4 nitrogen and oxygen atoms in total. The molecule has 1 atom stereocenters. The molecule has 23 heavy (non-hydrogen) atoms. The first-order valence-corrected chi connectivity index (χ1v) is 8.89. The van der Waals surface area contributed by atoms with Crippen LogP contribution in [0.25, 0.3) is 0 Å². The molecule has 0 amide bonds. The van der Waals surface area contributed by atoms with Gasteiger partial charge in [0.05, 0.1) is 28.2 Å². The molecule has 0 radical (unpaired) electrons. The first-order valence-electron chi connectivity index (χ1n) is 7.24. The van der Waals surface area contributed by atoms with E-state index in [0.29, 0.717) is 18.5 Å². The quantitative estimate of drug-likeness (QED) is 0.841. The van der Waals surface area contributed by atoms with Gasteiger partial charge in [-0.25, -0.2) is 8.42 Å². The van der Waals surface area contributed by atoms with Crippen molar-refractivity contribution in [3.8, 4) is 6.07 Å². The number of piperidine rings is 1. The molecule has 8 heteroatoms. The lowest BCUT2D eigenvalue weighted by Gasteiger charge is -2.33. The van der Waals surface area contributed by atoms with Crippen LogP contribution in [0.3, 0.4) is 0 Å². The van der Waals surface area contributed by atoms with E-state index in [1.54, 1.807) is 4.90 Å². The van der Waals surface area contributed by atoms with Crippen molar-refractivity contribution in [3.05, 3.63) is 29.8 Å². The second kappa shape index (κ2) is 6.89. The summed E-state index contributed by atoms with van der Waals surface area (Å²) < 4.78 is 62.7. The van der Waals surface area contributed by atoms with Gasteiger partial charge in [-0.2, -0.15) is 18.4 Å². The van der Waals surface area contributed by atoms with Crippen LogP contribution < -0.4 is 0 Å². The number of sulfone groups is 1. The summed E-state index contributed by atoms with van der Waals surface area (Å²) in [6.07, 6.45) is -3.71. The number of benzene rings is 1. The molecule has 0 spiro atoms. The SMILES string of the molecule is N#Cc1ccc(S(=O)(=O)CCN2CCC[C@H](C(F)(F)F)C2)cc1. The van der Waals surface area contributed by atoms with Crippen molar-refractivity contribution in [2.45, 2.75) is 23.9 Å². The summed E-state index contributed by atoms with van der Waals surface area (Å²) in [6.45, 7) is 0.413. The highest BCUT2D eigenvalue weighted by molar-refractivity contribution is 7.91. The van der Waals surface area contributed by atoms with E-state index in [4.69, 9.17) is 5.26 Å². The Morgan fingerprint density at radius 3 is 2.48 bits per heavy atom. The van der Waals surface area contributed by atoms with Gasteiger partial charge in [-0.3, -0.25) is 0 Å². The zero-order valence-corrected chi connectivity index (χ0v) is 13.2. The summed E-state index contributed by atoms with van der Waals surface area (Å²) in [7, 11) is -3.57. The summed E-state index contributed by atoms with van der Waals surface area (Å²) in [6, 6.07) is 7.42. The molecule has 1 fully saturated rings. The molecule has 0 aliphatic carbocycles. The minimum absolute atomic E-state index is 0.0783. The fourth-order valence-corrected chi connectivity index (χ4v) is 3.91. The van der Waals surface area contributed by atoms with Crippen LogP contribution in [0.5, 0.6) is 0 Å². The molecule has 0 N–H and O–H groups in total. The first-order chi connectivity index (χ1) is 10.7. The van der Waals surface area contributed by atoms with Gasteiger partial charge in [-0.1, -0.05) is 0 Å². The van der Waals surface area contributed by atoms with Crippen LogP contribution >= 0.6 is 0 Å². The molecule has 1 saturated heterocycles. The Kier molecular flexibility index (Phi) is 5.32. The highest BCUT2D eigenvalue weighted by Crippen LogP contribution is 2.33. The van der Waals surface area contributed by atoms with Gasteiger partial charge in [-0.15, -0.1) is 0 Å². The van der Waals surface area contributed by atoms with E-state index >= 15 is 0 Å². The van der Waals surface area contributed by atoms with Gasteiger partial charge in [0.25, 0.3) is 0 Å². The molecule has 1 aromatic carbocycles. The summed E-state index contributed by atoms with van der Waals surface area (Å²) in [5.41, 5.74) is 0.355. The fourth-order valence-electron chi connectivity index (χ4n) is 2.63. The van der Waals surface area contributed by atoms with Gasteiger partial charge in [0.1, 0.15) is 0 Å². The predicted molar refractivity (Wildman–Crippen MR) is 78.4 cm³/mol. The average Bonchev–Trinajstić information content (AvgIpc) is 2.52. The summed E-state index contributed by atoms with van der Waals surface area (Å²) in [5.74, 6) is -1.61. The Morgan fingerprint density at radius 2 is 1.91 bits per heavy atom. The maximum atomic E-state index is 12.8. The molecule has 0 aromatic heterocycles. The summed E-state index contributed by atoms with van der Waals surface area (Å²) >= 11 is 0. The van der Waals surface area contributed by atoms with Crippen molar-refractivity contribution >= 4 is 9.84 Å². The van der Waals surface area contributed by atoms with Crippen LogP contribution in [-0.4, -0.2) is 44.9 Å². The van der Waals surface area contributed by atoms with Crippen molar-refractivity contribution in [2.75, 3.05) is 25.4 Å². The maximum Gasteiger partial charge on any atom is 0.393 e. The van der Waals surface area contributed by atoms with Crippen LogP contribution in [0.4, 0.5) is 13.2 Å². The molecule has 2 rings (SSSR count). The predicted octanol–water partition coefficient (Wildman–Crippen LogP) is 2.61. The highest BCUT2D eigenvalue weighted by Gasteiger charge is 2.41. The van der Waals surface area contributed by atoms with Gasteiger partial charge in [-0.05, 0) is 43.7 Å². The smallest absolute Gasteiger partial charge is 0.302 e. The largest absolute Gasteiger partial charge is 0.393 e. The van der Waals surface area contributed by atoms with Gasteiger partial charge in [0.2, 0.25) is 0 Å². The fraction of sp³-hybridized carbons (Fsp3) is 0.533. The number of alkyl halides is 3. The second-order valence-electron chi connectivity index (χ2n) is 5.64. The number of halogens is 3. The first kappa shape index (κ1) is 17.8. The lowest BCUT2D eigenvalue weighted by molar-refractivity contribution is -0.186. The summed E-state index contributed by atoms with van der Waals surface area (Å²) in [4.78, 5) is 1.64. The van der Waals surface area contributed by atoms with Crippen molar-refractivity contribution in [3.63, 3.8) is 0 Å². The van der Waals surface area contributed by atoms with Crippen LogP contribution in [0, 0.1) is 17.2 Å². The van der Waals surface area contributed by atoms with E-state index in [-0.39, 0.29) is 30.2 Å². The Labute approximate surface area is 133 Å². The molecule has 1 aliphatic heterocycles. The lowest BCUT2D eigenvalue weighted by Crippen LogP contribution is -2.43. The topological polar surface area (TPSA) is 61.2 Å². The molecule has 1 aliphatic rings. The number of nitriles is 1. The van der Waals surface area contributed by atoms with Crippen molar-refractivity contribution in [1.82, 2.24) is 4.90 Å². The number of hydrogen-bond donors (Lipinski definition) is 0. The maximum absolute atomic E-state index is 12.8. The number of hydrogen-bond acceptors (Lipinski definition) is 4. The van der Waals surface area contributed by atoms with E-state index in [0.717, 1.165) is 0 Å². The van der Waals surface area contributed by atoms with Crippen LogP contribution in [-0.2, 0) is 9.84 Å². The average molecular weight is 346 g/mol. The molecular weight excluding hydrogens is 329 g/mol. The number of nitrogens with zero attached hydrogens (tertiary/aromatic N) is 2. The molecule has 1 heterocycles. The Balaban J connectivity index is 1.97. The van der Waals surface area contributed by atoms with Crippen molar-refractivity contribution < 1.29 is 21.6 Å². The standard InChI is InChI=1S/C15H17F3N2O2S/c16-15(17,18)13-2-1-7-20(11-13)8-9-23(21,22)14-5-3-12(10-19)4-6-14/h3-6,13H,1-2,7-9,11H2/t13-/m0/s1. The third kappa shape index (κ3) is 4.69. The molecule has 0 saturated carbocycles. The molecule has 0 unspecified atom stereocenters. The minimum Gasteiger partial charge on any atom is -0.302 e. The Morgan fingerprint density at radius 1 is 1.26 bits per heavy atom. The van der Waals surface area contributed by atoms with E-state index in [9.17, 15) is 21.6 Å². The molecular formula is C15H17F3N2O2S.